The lowest BCUT2D eigenvalue weighted by atomic mass is 9.82. The van der Waals surface area contributed by atoms with Crippen LogP contribution in [0.3, 0.4) is 0 Å². The predicted molar refractivity (Wildman–Crippen MR) is 173 cm³/mol. The maximum absolute atomic E-state index is 2.47. The number of nitrogens with zero attached hydrogens (tertiary/aromatic N) is 2. The minimum Gasteiger partial charge on any atom is -0.308 e. The number of hydrogen-bond acceptors (Lipinski definition) is 1. The van der Waals surface area contributed by atoms with Crippen molar-refractivity contribution in [3.8, 4) is 16.8 Å². The fourth-order valence-corrected chi connectivity index (χ4v) is 6.93. The largest absolute Gasteiger partial charge is 0.308 e. The summed E-state index contributed by atoms with van der Waals surface area (Å²) in [5, 5.41) is 2.50. The average Bonchev–Trinajstić information content (AvgIpc) is 3.49. The summed E-state index contributed by atoms with van der Waals surface area (Å²) in [4.78, 5) is 2.47. The first-order chi connectivity index (χ1) is 20.1. The maximum atomic E-state index is 2.47. The van der Waals surface area contributed by atoms with Crippen LogP contribution in [0.25, 0.3) is 38.6 Å². The fourth-order valence-electron chi connectivity index (χ4n) is 6.93. The van der Waals surface area contributed by atoms with E-state index in [1.807, 2.05) is 0 Å². The van der Waals surface area contributed by atoms with Crippen molar-refractivity contribution in [3.05, 3.63) is 157 Å². The third kappa shape index (κ3) is 3.44. The molecule has 7 aromatic rings. The molecule has 1 aliphatic rings. The van der Waals surface area contributed by atoms with E-state index in [4.69, 9.17) is 0 Å². The second kappa shape index (κ2) is 8.97. The predicted octanol–water partition coefficient (Wildman–Crippen LogP) is 10.6. The van der Waals surface area contributed by atoms with E-state index < -0.39 is 0 Å². The van der Waals surface area contributed by atoms with Crippen LogP contribution < -0.4 is 4.90 Å². The summed E-state index contributed by atoms with van der Waals surface area (Å²) in [6, 6.07) is 52.8. The van der Waals surface area contributed by atoms with Gasteiger partial charge in [0.15, 0.2) is 0 Å². The summed E-state index contributed by atoms with van der Waals surface area (Å²) >= 11 is 0. The van der Waals surface area contributed by atoms with Crippen molar-refractivity contribution in [3.63, 3.8) is 0 Å². The maximum Gasteiger partial charge on any atom is 0.0782 e. The highest BCUT2D eigenvalue weighted by Crippen LogP contribution is 2.54. The zero-order valence-corrected chi connectivity index (χ0v) is 23.3. The van der Waals surface area contributed by atoms with Crippen LogP contribution in [0.1, 0.15) is 25.0 Å². The Kier molecular flexibility index (Phi) is 5.20. The Hall–Kier alpha value is -5.08. The summed E-state index contributed by atoms with van der Waals surface area (Å²) in [6.45, 7) is 4.70. The smallest absolute Gasteiger partial charge is 0.0782 e. The number of rotatable bonds is 4. The van der Waals surface area contributed by atoms with Crippen LogP contribution in [0.4, 0.5) is 17.1 Å². The quantitative estimate of drug-likeness (QED) is 0.221. The molecule has 2 nitrogen and oxygen atoms in total. The van der Waals surface area contributed by atoms with E-state index in [0.717, 1.165) is 17.1 Å². The van der Waals surface area contributed by atoms with Gasteiger partial charge in [0.2, 0.25) is 0 Å². The van der Waals surface area contributed by atoms with Gasteiger partial charge in [-0.2, -0.15) is 0 Å². The SMILES string of the molecule is CC1(C)c2ccccc2-c2c(N(c3ccccc3)c3cccc4c5ccccc5n(-c5ccccc5)c34)cccc21. The van der Waals surface area contributed by atoms with Gasteiger partial charge in [-0.1, -0.05) is 117 Å². The van der Waals surface area contributed by atoms with Crippen LogP contribution in [-0.4, -0.2) is 4.57 Å². The third-order valence-electron chi connectivity index (χ3n) is 8.77. The Balaban J connectivity index is 1.51. The van der Waals surface area contributed by atoms with Gasteiger partial charge in [0.1, 0.15) is 0 Å². The molecular weight excluding hydrogens is 496 g/mol. The van der Waals surface area contributed by atoms with Gasteiger partial charge in [-0.25, -0.2) is 0 Å². The summed E-state index contributed by atoms with van der Waals surface area (Å²) in [6.07, 6.45) is 0. The van der Waals surface area contributed by atoms with Crippen LogP contribution in [-0.2, 0) is 5.41 Å². The molecule has 0 atom stereocenters. The number of para-hydroxylation sites is 4. The highest BCUT2D eigenvalue weighted by Gasteiger charge is 2.38. The standard InChI is InChI=1S/C39H30N2/c1-39(2)32-22-11-9-20-31(32)37-33(39)23-14-25-35(37)40(27-15-5-3-6-16-27)36-26-13-21-30-29-19-10-12-24-34(29)41(38(30)36)28-17-7-4-8-18-28/h3-26H,1-2H3. The zero-order valence-electron chi connectivity index (χ0n) is 23.3. The van der Waals surface area contributed by atoms with Crippen molar-refractivity contribution in [2.45, 2.75) is 19.3 Å². The topological polar surface area (TPSA) is 8.17 Å². The molecule has 0 bridgehead atoms. The fraction of sp³-hybridized carbons (Fsp3) is 0.0769. The lowest BCUT2D eigenvalue weighted by Crippen LogP contribution is -2.16. The Morgan fingerprint density at radius 2 is 1.12 bits per heavy atom. The van der Waals surface area contributed by atoms with Gasteiger partial charge in [0.25, 0.3) is 0 Å². The number of anilines is 3. The molecule has 41 heavy (non-hydrogen) atoms. The van der Waals surface area contributed by atoms with E-state index in [9.17, 15) is 0 Å². The van der Waals surface area contributed by atoms with E-state index in [2.05, 4.69) is 169 Å². The molecule has 0 fully saturated rings. The number of benzene rings is 6. The van der Waals surface area contributed by atoms with Crippen LogP contribution in [0, 0.1) is 0 Å². The molecule has 2 heteroatoms. The number of hydrogen-bond donors (Lipinski definition) is 0. The Morgan fingerprint density at radius 3 is 1.95 bits per heavy atom. The summed E-state index contributed by atoms with van der Waals surface area (Å²) in [5.74, 6) is 0. The molecular formula is C39H30N2. The molecule has 0 aliphatic heterocycles. The van der Waals surface area contributed by atoms with E-state index in [0.29, 0.717) is 0 Å². The van der Waals surface area contributed by atoms with E-state index in [1.54, 1.807) is 0 Å². The lowest BCUT2D eigenvalue weighted by Gasteiger charge is -2.30. The molecule has 0 unspecified atom stereocenters. The first-order valence-corrected chi connectivity index (χ1v) is 14.3. The molecule has 196 valence electrons. The molecule has 8 rings (SSSR count). The molecule has 0 radical (unpaired) electrons. The Morgan fingerprint density at radius 1 is 0.512 bits per heavy atom. The van der Waals surface area contributed by atoms with Crippen molar-refractivity contribution < 1.29 is 0 Å². The average molecular weight is 527 g/mol. The normalized spacial score (nSPS) is 13.3. The number of aromatic nitrogens is 1. The Bertz CT molecular complexity index is 2070. The van der Waals surface area contributed by atoms with Crippen LogP contribution in [0.5, 0.6) is 0 Å². The molecule has 0 spiro atoms. The van der Waals surface area contributed by atoms with Crippen LogP contribution in [0.15, 0.2) is 146 Å². The summed E-state index contributed by atoms with van der Waals surface area (Å²) in [5.41, 5.74) is 12.4. The molecule has 0 amide bonds. The second-order valence-corrected chi connectivity index (χ2v) is 11.4. The second-order valence-electron chi connectivity index (χ2n) is 11.4. The molecule has 0 saturated heterocycles. The van der Waals surface area contributed by atoms with Crippen molar-refractivity contribution in [1.82, 2.24) is 4.57 Å². The highest BCUT2D eigenvalue weighted by molar-refractivity contribution is 6.15. The number of fused-ring (bicyclic) bond motifs is 6. The van der Waals surface area contributed by atoms with Gasteiger partial charge in [-0.05, 0) is 59.2 Å². The van der Waals surface area contributed by atoms with Gasteiger partial charge < -0.3 is 9.47 Å². The zero-order chi connectivity index (χ0) is 27.6. The molecule has 6 aromatic carbocycles. The molecule has 1 heterocycles. The van der Waals surface area contributed by atoms with Gasteiger partial charge in [-0.3, -0.25) is 0 Å². The minimum atomic E-state index is -0.0742. The van der Waals surface area contributed by atoms with Gasteiger partial charge >= 0.3 is 0 Å². The minimum absolute atomic E-state index is 0.0742. The highest BCUT2D eigenvalue weighted by atomic mass is 15.2. The third-order valence-corrected chi connectivity index (χ3v) is 8.77. The van der Waals surface area contributed by atoms with Gasteiger partial charge in [0.05, 0.1) is 22.4 Å². The van der Waals surface area contributed by atoms with Gasteiger partial charge in [0, 0.05) is 33.1 Å². The molecule has 0 N–H and O–H groups in total. The molecule has 1 aliphatic carbocycles. The summed E-state index contributed by atoms with van der Waals surface area (Å²) < 4.78 is 2.43. The van der Waals surface area contributed by atoms with Crippen molar-refractivity contribution >= 4 is 38.9 Å². The molecule has 1 aromatic heterocycles. The van der Waals surface area contributed by atoms with Crippen molar-refractivity contribution in [2.24, 2.45) is 0 Å². The monoisotopic (exact) mass is 526 g/mol. The first-order valence-electron chi connectivity index (χ1n) is 14.3. The molecule has 0 saturated carbocycles. The van der Waals surface area contributed by atoms with E-state index in [-0.39, 0.29) is 5.41 Å². The summed E-state index contributed by atoms with van der Waals surface area (Å²) in [7, 11) is 0. The Labute approximate surface area is 240 Å². The van der Waals surface area contributed by atoms with E-state index in [1.165, 1.54) is 49.7 Å². The van der Waals surface area contributed by atoms with Crippen molar-refractivity contribution in [2.75, 3.05) is 4.90 Å². The van der Waals surface area contributed by atoms with E-state index >= 15 is 0 Å². The van der Waals surface area contributed by atoms with Crippen molar-refractivity contribution in [1.29, 1.82) is 0 Å². The van der Waals surface area contributed by atoms with Gasteiger partial charge in [-0.15, -0.1) is 0 Å². The van der Waals surface area contributed by atoms with Crippen LogP contribution >= 0.6 is 0 Å². The van der Waals surface area contributed by atoms with Crippen LogP contribution in [0.2, 0.25) is 0 Å². The lowest BCUT2D eigenvalue weighted by molar-refractivity contribution is 0.660. The first kappa shape index (κ1) is 23.8.